The fourth-order valence-electron chi connectivity index (χ4n) is 2.95. The van der Waals surface area contributed by atoms with Crippen molar-refractivity contribution in [1.29, 1.82) is 5.26 Å². The monoisotopic (exact) mass is 276 g/mol. The summed E-state index contributed by atoms with van der Waals surface area (Å²) in [5, 5.41) is 8.87. The van der Waals surface area contributed by atoms with Gasteiger partial charge in [-0.15, -0.1) is 0 Å². The van der Waals surface area contributed by atoms with Crippen molar-refractivity contribution in [3.63, 3.8) is 0 Å². The number of hydrogen-bond acceptors (Lipinski definition) is 4. The molecule has 2 aliphatic rings. The van der Waals surface area contributed by atoms with Crippen molar-refractivity contribution in [3.8, 4) is 6.07 Å². The Bertz CT molecular complexity index is 535. The molecule has 0 atom stereocenters. The molecule has 1 spiro atoms. The molecule has 4 nitrogen and oxygen atoms in total. The molecule has 0 unspecified atom stereocenters. The van der Waals surface area contributed by atoms with Crippen LogP contribution in [0.3, 0.4) is 0 Å². The van der Waals surface area contributed by atoms with Crippen LogP contribution in [0, 0.1) is 17.1 Å². The third-order valence-electron chi connectivity index (χ3n) is 3.87. The maximum Gasteiger partial charge on any atom is 0.181 e. The van der Waals surface area contributed by atoms with Gasteiger partial charge in [0.15, 0.2) is 5.79 Å². The number of halogens is 1. The molecule has 0 aliphatic carbocycles. The molecule has 0 amide bonds. The Hall–Kier alpha value is -1.48. The zero-order chi connectivity index (χ0) is 14.0. The summed E-state index contributed by atoms with van der Waals surface area (Å²) in [6, 6.07) is 6.58. The van der Waals surface area contributed by atoms with E-state index in [1.165, 1.54) is 6.07 Å². The minimum Gasteiger partial charge on any atom is -0.346 e. The molecule has 1 aromatic rings. The van der Waals surface area contributed by atoms with Gasteiger partial charge in [0.05, 0.1) is 25.3 Å². The van der Waals surface area contributed by atoms with Gasteiger partial charge in [-0.3, -0.25) is 4.90 Å². The predicted octanol–water partition coefficient (Wildman–Crippen LogP) is 2.04. The molecule has 5 heteroatoms. The molecule has 106 valence electrons. The molecule has 0 N–H and O–H groups in total. The number of nitriles is 1. The fraction of sp³-hybridized carbons (Fsp3) is 0.533. The Balaban J connectivity index is 1.70. The Morgan fingerprint density at radius 1 is 1.35 bits per heavy atom. The maximum atomic E-state index is 13.3. The number of rotatable bonds is 2. The lowest BCUT2D eigenvalue weighted by atomic mass is 10.0. The summed E-state index contributed by atoms with van der Waals surface area (Å²) in [7, 11) is 0. The number of nitrogens with zero attached hydrogens (tertiary/aromatic N) is 2. The van der Waals surface area contributed by atoms with E-state index in [-0.39, 0.29) is 5.56 Å². The van der Waals surface area contributed by atoms with Gasteiger partial charge in [0.25, 0.3) is 0 Å². The summed E-state index contributed by atoms with van der Waals surface area (Å²) in [5.41, 5.74) is 1.04. The zero-order valence-electron chi connectivity index (χ0n) is 11.3. The van der Waals surface area contributed by atoms with Gasteiger partial charge in [-0.25, -0.2) is 4.39 Å². The second-order valence-electron chi connectivity index (χ2n) is 5.35. The summed E-state index contributed by atoms with van der Waals surface area (Å²) in [5.74, 6) is -0.912. The highest BCUT2D eigenvalue weighted by Crippen LogP contribution is 2.30. The highest BCUT2D eigenvalue weighted by Gasteiger charge is 2.40. The summed E-state index contributed by atoms with van der Waals surface area (Å²) in [4.78, 5) is 2.24. The van der Waals surface area contributed by atoms with Crippen LogP contribution in [0.15, 0.2) is 18.2 Å². The first-order valence-corrected chi connectivity index (χ1v) is 6.90. The standard InChI is InChI=1S/C15H17FN2O2/c16-14-3-2-12(8-13(14)9-17)10-18-5-1-4-15(11-18)19-6-7-20-15/h2-3,8H,1,4-7,10-11H2. The van der Waals surface area contributed by atoms with Gasteiger partial charge < -0.3 is 9.47 Å². The van der Waals surface area contributed by atoms with E-state index in [2.05, 4.69) is 4.90 Å². The predicted molar refractivity (Wildman–Crippen MR) is 70.3 cm³/mol. The van der Waals surface area contributed by atoms with Crippen LogP contribution in [0.25, 0.3) is 0 Å². The summed E-state index contributed by atoms with van der Waals surface area (Å²) >= 11 is 0. The highest BCUT2D eigenvalue weighted by molar-refractivity contribution is 5.34. The Morgan fingerprint density at radius 2 is 2.15 bits per heavy atom. The van der Waals surface area contributed by atoms with Gasteiger partial charge in [0, 0.05) is 13.0 Å². The fourth-order valence-corrected chi connectivity index (χ4v) is 2.95. The largest absolute Gasteiger partial charge is 0.346 e. The SMILES string of the molecule is N#Cc1cc(CN2CCCC3(C2)OCCO3)ccc1F. The van der Waals surface area contributed by atoms with E-state index >= 15 is 0 Å². The number of hydrogen-bond donors (Lipinski definition) is 0. The van der Waals surface area contributed by atoms with E-state index in [4.69, 9.17) is 14.7 Å². The first-order valence-electron chi connectivity index (χ1n) is 6.90. The van der Waals surface area contributed by atoms with Crippen LogP contribution in [0.1, 0.15) is 24.0 Å². The molecule has 0 aromatic heterocycles. The summed E-state index contributed by atoms with van der Waals surface area (Å²) in [6.07, 6.45) is 1.95. The molecule has 0 bridgehead atoms. The second kappa shape index (κ2) is 5.49. The number of piperidine rings is 1. The van der Waals surface area contributed by atoms with Gasteiger partial charge in [-0.2, -0.15) is 5.26 Å². The summed E-state index contributed by atoms with van der Waals surface area (Å²) in [6.45, 7) is 3.69. The average molecular weight is 276 g/mol. The van der Waals surface area contributed by atoms with Crippen LogP contribution in [0.5, 0.6) is 0 Å². The molecule has 0 radical (unpaired) electrons. The lowest BCUT2D eigenvalue weighted by molar-refractivity contribution is -0.190. The third-order valence-corrected chi connectivity index (χ3v) is 3.87. The lowest BCUT2D eigenvalue weighted by Gasteiger charge is -2.38. The van der Waals surface area contributed by atoms with Gasteiger partial charge in [0.2, 0.25) is 0 Å². The summed E-state index contributed by atoms with van der Waals surface area (Å²) < 4.78 is 24.8. The van der Waals surface area contributed by atoms with E-state index in [9.17, 15) is 4.39 Å². The second-order valence-corrected chi connectivity index (χ2v) is 5.35. The number of likely N-dealkylation sites (tertiary alicyclic amines) is 1. The maximum absolute atomic E-state index is 13.3. The van der Waals surface area contributed by atoms with Gasteiger partial charge in [-0.1, -0.05) is 6.07 Å². The molecule has 2 aliphatic heterocycles. The smallest absolute Gasteiger partial charge is 0.181 e. The Kier molecular flexibility index (Phi) is 3.70. The molecule has 2 fully saturated rings. The molecule has 0 saturated carbocycles. The van der Waals surface area contributed by atoms with Crippen molar-refractivity contribution in [3.05, 3.63) is 35.1 Å². The first-order chi connectivity index (χ1) is 9.71. The van der Waals surface area contributed by atoms with Crippen LogP contribution in [0.2, 0.25) is 0 Å². The molecule has 2 saturated heterocycles. The average Bonchev–Trinajstić information content (AvgIpc) is 2.89. The minimum absolute atomic E-state index is 0.0996. The molecular weight excluding hydrogens is 259 g/mol. The first kappa shape index (κ1) is 13.5. The number of benzene rings is 1. The van der Waals surface area contributed by atoms with Crippen LogP contribution in [0.4, 0.5) is 4.39 Å². The quantitative estimate of drug-likeness (QED) is 0.829. The zero-order valence-corrected chi connectivity index (χ0v) is 11.3. The van der Waals surface area contributed by atoms with Crippen LogP contribution in [-0.4, -0.2) is 37.0 Å². The molecule has 1 aromatic carbocycles. The molecule has 3 rings (SSSR count). The van der Waals surface area contributed by atoms with E-state index in [1.54, 1.807) is 12.1 Å². The van der Waals surface area contributed by atoms with Crippen molar-refractivity contribution >= 4 is 0 Å². The van der Waals surface area contributed by atoms with E-state index in [1.807, 2.05) is 6.07 Å². The van der Waals surface area contributed by atoms with Crippen molar-refractivity contribution in [2.75, 3.05) is 26.3 Å². The van der Waals surface area contributed by atoms with E-state index < -0.39 is 11.6 Å². The minimum atomic E-state index is -0.464. The molecule has 2 heterocycles. The Labute approximate surface area is 117 Å². The van der Waals surface area contributed by atoms with E-state index in [0.29, 0.717) is 19.8 Å². The van der Waals surface area contributed by atoms with Crippen molar-refractivity contribution in [2.45, 2.75) is 25.2 Å². The lowest BCUT2D eigenvalue weighted by Crippen LogP contribution is -2.48. The van der Waals surface area contributed by atoms with Crippen LogP contribution in [-0.2, 0) is 16.0 Å². The molecular formula is C15H17FN2O2. The van der Waals surface area contributed by atoms with Crippen molar-refractivity contribution in [1.82, 2.24) is 4.90 Å². The molecule has 20 heavy (non-hydrogen) atoms. The number of ether oxygens (including phenoxy) is 2. The Morgan fingerprint density at radius 3 is 2.90 bits per heavy atom. The van der Waals surface area contributed by atoms with Crippen LogP contribution >= 0.6 is 0 Å². The van der Waals surface area contributed by atoms with Crippen molar-refractivity contribution in [2.24, 2.45) is 0 Å². The van der Waals surface area contributed by atoms with Crippen molar-refractivity contribution < 1.29 is 13.9 Å². The highest BCUT2D eigenvalue weighted by atomic mass is 19.1. The normalized spacial score (nSPS) is 22.0. The van der Waals surface area contributed by atoms with Crippen LogP contribution < -0.4 is 0 Å². The van der Waals surface area contributed by atoms with Gasteiger partial charge in [0.1, 0.15) is 11.9 Å². The van der Waals surface area contributed by atoms with Gasteiger partial charge in [-0.05, 0) is 30.7 Å². The van der Waals surface area contributed by atoms with E-state index in [0.717, 1.165) is 31.5 Å². The topological polar surface area (TPSA) is 45.5 Å². The third kappa shape index (κ3) is 2.68. The van der Waals surface area contributed by atoms with Gasteiger partial charge >= 0.3 is 0 Å².